The van der Waals surface area contributed by atoms with Crippen LogP contribution in [0.2, 0.25) is 0 Å². The lowest BCUT2D eigenvalue weighted by molar-refractivity contribution is 0.0942. The zero-order valence-corrected chi connectivity index (χ0v) is 9.30. The number of nitrogens with zero attached hydrogens (tertiary/aromatic N) is 2. The predicted molar refractivity (Wildman–Crippen MR) is 61.1 cm³/mol. The number of amides is 1. The molecule has 0 radical (unpaired) electrons. The van der Waals surface area contributed by atoms with E-state index in [-0.39, 0.29) is 12.5 Å². The number of nitrogens with one attached hydrogen (secondary N) is 1. The van der Waals surface area contributed by atoms with Gasteiger partial charge in [0.25, 0.3) is 5.91 Å². The molecule has 0 aliphatic rings. The summed E-state index contributed by atoms with van der Waals surface area (Å²) in [6.45, 7) is 2.10. The molecule has 2 heterocycles. The molecule has 0 saturated carbocycles. The third kappa shape index (κ3) is 2.81. The summed E-state index contributed by atoms with van der Waals surface area (Å²) >= 11 is 0. The van der Waals surface area contributed by atoms with Crippen LogP contribution in [0.1, 0.15) is 21.9 Å². The van der Waals surface area contributed by atoms with Gasteiger partial charge in [0, 0.05) is 6.07 Å². The summed E-state index contributed by atoms with van der Waals surface area (Å²) in [6, 6.07) is 4.95. The first-order valence-electron chi connectivity index (χ1n) is 5.07. The van der Waals surface area contributed by atoms with Crippen LogP contribution < -0.4 is 11.1 Å². The Balaban J connectivity index is 1.95. The lowest BCUT2D eigenvalue weighted by Gasteiger charge is -2.01. The van der Waals surface area contributed by atoms with Gasteiger partial charge in [0.15, 0.2) is 5.76 Å². The average molecular weight is 232 g/mol. The first kappa shape index (κ1) is 11.1. The van der Waals surface area contributed by atoms with Gasteiger partial charge in [-0.3, -0.25) is 4.79 Å². The second-order valence-corrected chi connectivity index (χ2v) is 3.59. The van der Waals surface area contributed by atoms with E-state index in [1.165, 1.54) is 6.20 Å². The standard InChI is InChI=1S/C11H12N4O2/c1-7-4-9(17-15-7)6-14-11(16)10-3-2-8(12)5-13-10/h2-5H,6,12H2,1H3,(H,14,16). The van der Waals surface area contributed by atoms with Crippen LogP contribution in [0, 0.1) is 6.92 Å². The van der Waals surface area contributed by atoms with Crippen molar-refractivity contribution in [3.63, 3.8) is 0 Å². The van der Waals surface area contributed by atoms with Gasteiger partial charge < -0.3 is 15.6 Å². The Morgan fingerprint density at radius 2 is 2.35 bits per heavy atom. The molecule has 0 bridgehead atoms. The van der Waals surface area contributed by atoms with Gasteiger partial charge in [-0.15, -0.1) is 0 Å². The molecule has 2 aromatic rings. The van der Waals surface area contributed by atoms with Gasteiger partial charge in [-0.05, 0) is 19.1 Å². The summed E-state index contributed by atoms with van der Waals surface area (Å²) < 4.78 is 4.96. The monoisotopic (exact) mass is 232 g/mol. The maximum Gasteiger partial charge on any atom is 0.270 e. The summed E-state index contributed by atoms with van der Waals surface area (Å²) in [5.74, 6) is 0.324. The maximum atomic E-state index is 11.7. The van der Waals surface area contributed by atoms with Crippen LogP contribution in [0.15, 0.2) is 28.9 Å². The molecule has 2 rings (SSSR count). The van der Waals surface area contributed by atoms with Crippen LogP contribution >= 0.6 is 0 Å². The third-order valence-corrected chi connectivity index (χ3v) is 2.12. The van der Waals surface area contributed by atoms with E-state index < -0.39 is 0 Å². The van der Waals surface area contributed by atoms with Crippen LogP contribution in [0.5, 0.6) is 0 Å². The molecule has 0 spiro atoms. The zero-order chi connectivity index (χ0) is 12.3. The molecule has 88 valence electrons. The number of pyridine rings is 1. The topological polar surface area (TPSA) is 94.0 Å². The van der Waals surface area contributed by atoms with E-state index in [0.717, 1.165) is 5.69 Å². The van der Waals surface area contributed by atoms with Crippen molar-refractivity contribution < 1.29 is 9.32 Å². The molecular formula is C11H12N4O2. The van der Waals surface area contributed by atoms with Crippen molar-refractivity contribution in [2.45, 2.75) is 13.5 Å². The van der Waals surface area contributed by atoms with Crippen molar-refractivity contribution in [1.29, 1.82) is 0 Å². The molecule has 1 amide bonds. The lowest BCUT2D eigenvalue weighted by Crippen LogP contribution is -2.23. The first-order valence-corrected chi connectivity index (χ1v) is 5.07. The molecule has 17 heavy (non-hydrogen) atoms. The minimum atomic E-state index is -0.279. The number of hydrogen-bond donors (Lipinski definition) is 2. The van der Waals surface area contributed by atoms with E-state index in [2.05, 4.69) is 15.5 Å². The Kier molecular flexibility index (Phi) is 3.04. The van der Waals surface area contributed by atoms with Gasteiger partial charge in [-0.25, -0.2) is 4.98 Å². The van der Waals surface area contributed by atoms with Crippen molar-refractivity contribution in [3.8, 4) is 0 Å². The highest BCUT2D eigenvalue weighted by Crippen LogP contribution is 2.03. The van der Waals surface area contributed by atoms with Gasteiger partial charge in [0.2, 0.25) is 0 Å². The molecule has 3 N–H and O–H groups in total. The number of aromatic nitrogens is 2. The molecule has 0 saturated heterocycles. The smallest absolute Gasteiger partial charge is 0.270 e. The number of nitrogens with two attached hydrogens (primary N) is 1. The number of carbonyl (C=O) groups excluding carboxylic acids is 1. The molecule has 0 aliphatic heterocycles. The van der Waals surface area contributed by atoms with Crippen LogP contribution in [-0.4, -0.2) is 16.0 Å². The van der Waals surface area contributed by atoms with Crippen LogP contribution in [0.3, 0.4) is 0 Å². The first-order chi connectivity index (χ1) is 8.15. The van der Waals surface area contributed by atoms with Gasteiger partial charge in [-0.1, -0.05) is 5.16 Å². The number of anilines is 1. The summed E-state index contributed by atoms with van der Waals surface area (Å²) in [5, 5.41) is 6.39. The number of carbonyl (C=O) groups is 1. The highest BCUT2D eigenvalue weighted by Gasteiger charge is 2.08. The highest BCUT2D eigenvalue weighted by atomic mass is 16.5. The molecule has 0 fully saturated rings. The van der Waals surface area contributed by atoms with Gasteiger partial charge in [-0.2, -0.15) is 0 Å². The number of rotatable bonds is 3. The van der Waals surface area contributed by atoms with E-state index in [9.17, 15) is 4.79 Å². The Morgan fingerprint density at radius 1 is 1.53 bits per heavy atom. The molecular weight excluding hydrogens is 220 g/mol. The van der Waals surface area contributed by atoms with Crippen molar-refractivity contribution in [1.82, 2.24) is 15.5 Å². The van der Waals surface area contributed by atoms with E-state index >= 15 is 0 Å². The van der Waals surface area contributed by atoms with E-state index in [4.69, 9.17) is 10.3 Å². The fourth-order valence-electron chi connectivity index (χ4n) is 1.30. The third-order valence-electron chi connectivity index (χ3n) is 2.12. The van der Waals surface area contributed by atoms with Crippen molar-refractivity contribution >= 4 is 11.6 Å². The van der Waals surface area contributed by atoms with Gasteiger partial charge in [0.1, 0.15) is 5.69 Å². The second kappa shape index (κ2) is 4.65. The Morgan fingerprint density at radius 3 is 2.94 bits per heavy atom. The fraction of sp³-hybridized carbons (Fsp3) is 0.182. The highest BCUT2D eigenvalue weighted by molar-refractivity contribution is 5.92. The number of hydrogen-bond acceptors (Lipinski definition) is 5. The molecule has 2 aromatic heterocycles. The molecule has 6 heteroatoms. The maximum absolute atomic E-state index is 11.7. The minimum Gasteiger partial charge on any atom is -0.397 e. The molecule has 0 unspecified atom stereocenters. The molecule has 0 aromatic carbocycles. The second-order valence-electron chi connectivity index (χ2n) is 3.59. The number of nitrogen functional groups attached to an aromatic ring is 1. The largest absolute Gasteiger partial charge is 0.397 e. The zero-order valence-electron chi connectivity index (χ0n) is 9.30. The molecule has 6 nitrogen and oxygen atoms in total. The lowest BCUT2D eigenvalue weighted by atomic mass is 10.3. The van der Waals surface area contributed by atoms with Crippen molar-refractivity contribution in [2.24, 2.45) is 0 Å². The number of aryl methyl sites for hydroxylation is 1. The summed E-state index contributed by atoms with van der Waals surface area (Å²) in [5.41, 5.74) is 7.09. The minimum absolute atomic E-state index is 0.279. The molecule has 0 aliphatic carbocycles. The molecule has 0 atom stereocenters. The summed E-state index contributed by atoms with van der Waals surface area (Å²) in [4.78, 5) is 15.6. The Labute approximate surface area is 97.8 Å². The van der Waals surface area contributed by atoms with Gasteiger partial charge >= 0.3 is 0 Å². The normalized spacial score (nSPS) is 10.2. The quantitative estimate of drug-likeness (QED) is 0.819. The Hall–Kier alpha value is -2.37. The Bertz CT molecular complexity index is 519. The summed E-state index contributed by atoms with van der Waals surface area (Å²) in [6.07, 6.45) is 1.44. The van der Waals surface area contributed by atoms with Crippen LogP contribution in [-0.2, 0) is 6.54 Å². The van der Waals surface area contributed by atoms with Crippen molar-refractivity contribution in [3.05, 3.63) is 41.5 Å². The van der Waals surface area contributed by atoms with E-state index in [0.29, 0.717) is 17.1 Å². The van der Waals surface area contributed by atoms with Gasteiger partial charge in [0.05, 0.1) is 24.1 Å². The van der Waals surface area contributed by atoms with E-state index in [1.807, 2.05) is 6.92 Å². The van der Waals surface area contributed by atoms with E-state index in [1.54, 1.807) is 18.2 Å². The fourth-order valence-corrected chi connectivity index (χ4v) is 1.30. The SMILES string of the molecule is Cc1cc(CNC(=O)c2ccc(N)cn2)on1. The van der Waals surface area contributed by atoms with Crippen LogP contribution in [0.25, 0.3) is 0 Å². The average Bonchev–Trinajstić information content (AvgIpc) is 2.73. The predicted octanol–water partition coefficient (Wildman–Crippen LogP) is 0.890. The van der Waals surface area contributed by atoms with Crippen molar-refractivity contribution in [2.75, 3.05) is 5.73 Å². The van der Waals surface area contributed by atoms with Crippen LogP contribution in [0.4, 0.5) is 5.69 Å². The summed E-state index contributed by atoms with van der Waals surface area (Å²) in [7, 11) is 0.